The van der Waals surface area contributed by atoms with E-state index in [9.17, 15) is 0 Å². The van der Waals surface area contributed by atoms with Gasteiger partial charge in [-0.25, -0.2) is 0 Å². The second kappa shape index (κ2) is 163. The molecule has 0 aromatic heterocycles. The van der Waals surface area contributed by atoms with Crippen LogP contribution in [0.25, 0.3) is 0 Å². The molecule has 4 aliphatic rings. The van der Waals surface area contributed by atoms with E-state index in [0.29, 0.717) is 0 Å². The topological polar surface area (TPSA) is 0 Å². The Hall–Kier alpha value is 3.53. The Labute approximate surface area is 366 Å². The summed E-state index contributed by atoms with van der Waals surface area (Å²) in [5.74, 6) is 0. The molecule has 4 aliphatic carbocycles. The zero-order valence-electron chi connectivity index (χ0n) is 33.0. The maximum absolute atomic E-state index is 3.25. The standard InChI is InChI=1S/4C5H10.4C2H5.CH4.10CH3.4Zr/c4*1-2-4-5-3-1;4*1-2;;;;;;;;;;;;;;;/h4*1-5H2;4*1H2,2H3;1H4;10*1H3;;;;/q;;;;4*-1;;10*-1;2*+3;2*+4. The number of hydrogen-bond acceptors (Lipinski definition) is 0. The minimum absolute atomic E-state index is 0. The van der Waals surface area contributed by atoms with Crippen molar-refractivity contribution in [2.75, 3.05) is 0 Å². The Morgan fingerprint density at radius 2 is 0.233 bits per heavy atom. The third-order valence-electron chi connectivity index (χ3n) is 5.00. The van der Waals surface area contributed by atoms with Crippen LogP contribution in [0.15, 0.2) is 0 Å². The zero-order chi connectivity index (χ0) is 22.1. The van der Waals surface area contributed by atoms with E-state index < -0.39 is 0 Å². The molecule has 0 aromatic carbocycles. The first-order valence-electron chi connectivity index (χ1n) is 12.8. The first-order valence-corrected chi connectivity index (χ1v) is 12.8. The monoisotopic (exact) mass is 922 g/mol. The van der Waals surface area contributed by atoms with Crippen molar-refractivity contribution < 1.29 is 105 Å². The molecule has 4 heteroatoms. The molecule has 0 saturated heterocycles. The summed E-state index contributed by atoms with van der Waals surface area (Å²) in [7, 11) is 0. The van der Waals surface area contributed by atoms with Crippen LogP contribution >= 0.6 is 0 Å². The van der Waals surface area contributed by atoms with Gasteiger partial charge < -0.3 is 102 Å². The molecule has 266 valence electrons. The second-order valence-corrected chi connectivity index (χ2v) is 7.07. The summed E-state index contributed by atoms with van der Waals surface area (Å²) < 4.78 is 0. The fourth-order valence-electron chi connectivity index (χ4n) is 3.54. The van der Waals surface area contributed by atoms with Crippen LogP contribution in [0, 0.1) is 102 Å². The first kappa shape index (κ1) is 127. The average Bonchev–Trinajstić information content (AvgIpc) is 3.66. The minimum Gasteiger partial charge on any atom is -0.358 e. The van der Waals surface area contributed by atoms with E-state index in [2.05, 4.69) is 27.7 Å². The largest absolute Gasteiger partial charge is 4.00 e. The molecule has 0 spiro atoms. The molecule has 0 unspecified atom stereocenters. The van der Waals surface area contributed by atoms with E-state index in [1.807, 2.05) is 0 Å². The molecule has 43 heavy (non-hydrogen) atoms. The predicted octanol–water partition coefficient (Wildman–Crippen LogP) is 16.3. The van der Waals surface area contributed by atoms with Gasteiger partial charge in [-0.3, -0.25) is 0 Å². The van der Waals surface area contributed by atoms with Gasteiger partial charge in [-0.2, -0.15) is 27.7 Å². The van der Waals surface area contributed by atoms with Crippen LogP contribution < -0.4 is 0 Å². The van der Waals surface area contributed by atoms with E-state index >= 15 is 0 Å². The molecule has 4 fully saturated rings. The van der Waals surface area contributed by atoms with Crippen LogP contribution in [-0.4, -0.2) is 0 Å². The van der Waals surface area contributed by atoms with Gasteiger partial charge >= 0.3 is 105 Å². The molecule has 0 heterocycles. The van der Waals surface area contributed by atoms with Gasteiger partial charge in [0.25, 0.3) is 0 Å². The van der Waals surface area contributed by atoms with Gasteiger partial charge in [0.15, 0.2) is 0 Å². The predicted molar refractivity (Wildman–Crippen MR) is 207 cm³/mol. The van der Waals surface area contributed by atoms with Gasteiger partial charge in [0, 0.05) is 0 Å². The summed E-state index contributed by atoms with van der Waals surface area (Å²) in [6.45, 7) is 20.0. The molecule has 0 bridgehead atoms. The molecular formula is C39H94Zr4. The van der Waals surface area contributed by atoms with Crippen LogP contribution in [0.2, 0.25) is 0 Å². The van der Waals surface area contributed by atoms with Gasteiger partial charge in [0.05, 0.1) is 0 Å². The molecule has 0 amide bonds. The Balaban J connectivity index is -0.00000000881. The summed E-state index contributed by atoms with van der Waals surface area (Å²) in [6, 6.07) is 0. The van der Waals surface area contributed by atoms with Crippen LogP contribution in [-0.2, 0) is 105 Å². The van der Waals surface area contributed by atoms with Gasteiger partial charge in [0.1, 0.15) is 0 Å². The smallest absolute Gasteiger partial charge is 0.358 e. The SMILES string of the molecule is C.C1CCCC1.C1CCCC1.C1CCCC1.C1CCCC1.[CH2-]C.[CH2-]C.[CH2-]C.[CH2-]C.[CH3-].[CH3-].[CH3-].[CH3-].[CH3-].[CH3-].[CH3-].[CH3-].[CH3-].[CH3-].[Zr+3].[Zr+3].[Zr+4].[Zr+4]. The van der Waals surface area contributed by atoms with Gasteiger partial charge in [-0.15, -0.1) is 0 Å². The molecule has 0 nitrogen and oxygen atoms in total. The van der Waals surface area contributed by atoms with Crippen molar-refractivity contribution >= 4 is 0 Å². The van der Waals surface area contributed by atoms with Crippen molar-refractivity contribution in [1.82, 2.24) is 0 Å². The number of hydrogen-bond donors (Lipinski definition) is 0. The zero-order valence-corrected chi connectivity index (χ0v) is 42.8. The molecule has 4 saturated carbocycles. The maximum Gasteiger partial charge on any atom is 4.00 e. The fourth-order valence-corrected chi connectivity index (χ4v) is 3.54. The van der Waals surface area contributed by atoms with E-state index in [1.165, 1.54) is 128 Å². The van der Waals surface area contributed by atoms with Crippen LogP contribution in [0.3, 0.4) is 0 Å². The summed E-state index contributed by atoms with van der Waals surface area (Å²) in [5.41, 5.74) is 0. The Morgan fingerprint density at radius 3 is 0.256 bits per heavy atom. The molecule has 0 aromatic rings. The van der Waals surface area contributed by atoms with Gasteiger partial charge in [-0.1, -0.05) is 136 Å². The maximum atomic E-state index is 3.25. The third-order valence-corrected chi connectivity index (χ3v) is 5.00. The third kappa shape index (κ3) is 156. The van der Waals surface area contributed by atoms with E-state index in [0.717, 1.165) is 0 Å². The molecule has 4 rings (SSSR count). The summed E-state index contributed by atoms with van der Waals surface area (Å²) in [4.78, 5) is 0. The molecule has 2 radical (unpaired) electrons. The van der Waals surface area contributed by atoms with Gasteiger partial charge in [-0.05, 0) is 0 Å². The molecule has 0 atom stereocenters. The Kier molecular flexibility index (Phi) is 483. The van der Waals surface area contributed by atoms with Gasteiger partial charge in [0.2, 0.25) is 0 Å². The van der Waals surface area contributed by atoms with Crippen LogP contribution in [0.4, 0.5) is 0 Å². The number of rotatable bonds is 0. The van der Waals surface area contributed by atoms with Crippen molar-refractivity contribution in [2.24, 2.45) is 0 Å². The summed E-state index contributed by atoms with van der Waals surface area (Å²) in [5, 5.41) is 0. The molecule has 0 N–H and O–H groups in total. The first-order chi connectivity index (χ1) is 14.0. The van der Waals surface area contributed by atoms with Crippen molar-refractivity contribution in [3.05, 3.63) is 102 Å². The average molecular weight is 928 g/mol. The Bertz CT molecular complexity index is 106. The van der Waals surface area contributed by atoms with E-state index in [-0.39, 0.29) is 187 Å². The molecular weight excluding hydrogens is 833 g/mol. The van der Waals surface area contributed by atoms with E-state index in [4.69, 9.17) is 0 Å². The summed E-state index contributed by atoms with van der Waals surface area (Å²) >= 11 is 0. The quantitative estimate of drug-likeness (QED) is 0.212. The fraction of sp³-hybridized carbons (Fsp3) is 0.641. The van der Waals surface area contributed by atoms with E-state index in [1.54, 1.807) is 27.7 Å². The minimum atomic E-state index is 0. The normalized spacial score (nSPS) is 11.7. The second-order valence-electron chi connectivity index (χ2n) is 7.07. The van der Waals surface area contributed by atoms with Crippen LogP contribution in [0.1, 0.15) is 164 Å². The van der Waals surface area contributed by atoms with Crippen molar-refractivity contribution in [2.45, 2.75) is 164 Å². The van der Waals surface area contributed by atoms with Crippen molar-refractivity contribution in [3.8, 4) is 0 Å². The van der Waals surface area contributed by atoms with Crippen molar-refractivity contribution in [1.29, 1.82) is 0 Å². The summed E-state index contributed by atoms with van der Waals surface area (Å²) in [6.07, 6.45) is 30.0. The van der Waals surface area contributed by atoms with Crippen LogP contribution in [0.5, 0.6) is 0 Å². The molecule has 0 aliphatic heterocycles. The van der Waals surface area contributed by atoms with Crippen molar-refractivity contribution in [3.63, 3.8) is 0 Å². The Morgan fingerprint density at radius 1 is 0.209 bits per heavy atom.